The molecule has 1 aromatic rings. The lowest BCUT2D eigenvalue weighted by Gasteiger charge is -2.14. The van der Waals surface area contributed by atoms with Crippen molar-refractivity contribution in [3.8, 4) is 0 Å². The number of aliphatic hydroxyl groups excluding tert-OH is 1. The summed E-state index contributed by atoms with van der Waals surface area (Å²) in [6.07, 6.45) is 0.706. The van der Waals surface area contributed by atoms with E-state index in [9.17, 15) is 4.79 Å². The van der Waals surface area contributed by atoms with Gasteiger partial charge in [-0.3, -0.25) is 0 Å². The molecule has 0 bridgehead atoms. The van der Waals surface area contributed by atoms with E-state index in [2.05, 4.69) is 29.5 Å². The molecule has 5 nitrogen and oxygen atoms in total. The second-order valence-corrected chi connectivity index (χ2v) is 5.34. The van der Waals surface area contributed by atoms with E-state index < -0.39 is 0 Å². The third-order valence-electron chi connectivity index (χ3n) is 2.54. The molecule has 6 heteroatoms. The summed E-state index contributed by atoms with van der Waals surface area (Å²) in [4.78, 5) is 16.0. The van der Waals surface area contributed by atoms with E-state index in [-0.39, 0.29) is 18.7 Å². The van der Waals surface area contributed by atoms with E-state index >= 15 is 0 Å². The van der Waals surface area contributed by atoms with Crippen LogP contribution in [0.15, 0.2) is 5.38 Å². The highest BCUT2D eigenvalue weighted by Gasteiger charge is 2.10. The Morgan fingerprint density at radius 3 is 2.78 bits per heavy atom. The minimum atomic E-state index is -0.269. The molecule has 3 N–H and O–H groups in total. The van der Waals surface area contributed by atoms with E-state index in [0.29, 0.717) is 18.9 Å². The number of amides is 2. The van der Waals surface area contributed by atoms with E-state index in [1.165, 1.54) is 0 Å². The molecule has 2 amide bonds. The maximum Gasteiger partial charge on any atom is 0.315 e. The van der Waals surface area contributed by atoms with Crippen LogP contribution < -0.4 is 10.6 Å². The van der Waals surface area contributed by atoms with E-state index in [1.54, 1.807) is 11.3 Å². The molecule has 18 heavy (non-hydrogen) atoms. The van der Waals surface area contributed by atoms with Crippen molar-refractivity contribution in [1.29, 1.82) is 0 Å². The topological polar surface area (TPSA) is 74.2 Å². The molecule has 1 unspecified atom stereocenters. The van der Waals surface area contributed by atoms with Crippen molar-refractivity contribution >= 4 is 17.4 Å². The molecule has 0 saturated carbocycles. The van der Waals surface area contributed by atoms with Gasteiger partial charge in [0.25, 0.3) is 0 Å². The molecule has 1 aromatic heterocycles. The Morgan fingerprint density at radius 2 is 2.28 bits per heavy atom. The summed E-state index contributed by atoms with van der Waals surface area (Å²) < 4.78 is 0. The molecule has 0 aliphatic heterocycles. The van der Waals surface area contributed by atoms with Crippen molar-refractivity contribution in [2.75, 3.05) is 6.61 Å². The van der Waals surface area contributed by atoms with Crippen molar-refractivity contribution < 1.29 is 9.90 Å². The van der Waals surface area contributed by atoms with Crippen molar-refractivity contribution in [2.45, 2.75) is 45.7 Å². The van der Waals surface area contributed by atoms with Gasteiger partial charge >= 0.3 is 6.03 Å². The van der Waals surface area contributed by atoms with Crippen LogP contribution in [0.25, 0.3) is 0 Å². The van der Waals surface area contributed by atoms with Crippen molar-refractivity contribution in [1.82, 2.24) is 15.6 Å². The number of urea groups is 1. The second kappa shape index (κ2) is 7.33. The number of carbonyl (C=O) groups is 1. The molecule has 0 aromatic carbocycles. The van der Waals surface area contributed by atoms with Crippen molar-refractivity contribution in [2.24, 2.45) is 0 Å². The van der Waals surface area contributed by atoms with Crippen LogP contribution in [-0.2, 0) is 6.54 Å². The zero-order valence-electron chi connectivity index (χ0n) is 11.1. The SMILES string of the molecule is CCC(CO)NC(=O)NCc1csc(C(C)C)n1. The lowest BCUT2D eigenvalue weighted by atomic mass is 10.2. The van der Waals surface area contributed by atoms with Crippen LogP contribution in [0.2, 0.25) is 0 Å². The van der Waals surface area contributed by atoms with Crippen LogP contribution >= 0.6 is 11.3 Å². The summed E-state index contributed by atoms with van der Waals surface area (Å²) in [5.74, 6) is 0.413. The predicted octanol–water partition coefficient (Wildman–Crippen LogP) is 1.84. The third-order valence-corrected chi connectivity index (χ3v) is 3.74. The van der Waals surface area contributed by atoms with Gasteiger partial charge in [-0.25, -0.2) is 9.78 Å². The number of carbonyl (C=O) groups excluding carboxylic acids is 1. The molecule has 1 atom stereocenters. The van der Waals surface area contributed by atoms with Crippen molar-refractivity contribution in [3.63, 3.8) is 0 Å². The zero-order chi connectivity index (χ0) is 13.5. The summed E-state index contributed by atoms with van der Waals surface area (Å²) in [6, 6.07) is -0.457. The van der Waals surface area contributed by atoms with Gasteiger partial charge in [-0.1, -0.05) is 20.8 Å². The zero-order valence-corrected chi connectivity index (χ0v) is 11.9. The maximum absolute atomic E-state index is 11.5. The summed E-state index contributed by atoms with van der Waals surface area (Å²) >= 11 is 1.61. The predicted molar refractivity (Wildman–Crippen MR) is 72.7 cm³/mol. The van der Waals surface area contributed by atoms with Gasteiger partial charge in [0, 0.05) is 11.3 Å². The molecule has 1 heterocycles. The second-order valence-electron chi connectivity index (χ2n) is 4.45. The molecule has 0 fully saturated rings. The average Bonchev–Trinajstić information content (AvgIpc) is 2.82. The normalized spacial score (nSPS) is 12.5. The van der Waals surface area contributed by atoms with Gasteiger partial charge in [0.1, 0.15) is 0 Å². The summed E-state index contributed by atoms with van der Waals surface area (Å²) in [5, 5.41) is 17.4. The Balaban J connectivity index is 2.37. The average molecular weight is 271 g/mol. The Hall–Kier alpha value is -1.14. The molecule has 102 valence electrons. The molecule has 0 aliphatic carbocycles. The maximum atomic E-state index is 11.5. The first-order valence-electron chi connectivity index (χ1n) is 6.16. The fraction of sp³-hybridized carbons (Fsp3) is 0.667. The van der Waals surface area contributed by atoms with Gasteiger partial charge in [0.15, 0.2) is 0 Å². The highest BCUT2D eigenvalue weighted by Crippen LogP contribution is 2.18. The quantitative estimate of drug-likeness (QED) is 0.739. The number of hydrogen-bond donors (Lipinski definition) is 3. The lowest BCUT2D eigenvalue weighted by molar-refractivity contribution is 0.214. The summed E-state index contributed by atoms with van der Waals surface area (Å²) in [5.41, 5.74) is 0.871. The number of thiazole rings is 1. The van der Waals surface area contributed by atoms with Gasteiger partial charge in [-0.15, -0.1) is 11.3 Å². The number of nitrogens with one attached hydrogen (secondary N) is 2. The van der Waals surface area contributed by atoms with Crippen LogP contribution in [0.3, 0.4) is 0 Å². The fourth-order valence-electron chi connectivity index (χ4n) is 1.35. The Bertz CT molecular complexity index is 375. The smallest absolute Gasteiger partial charge is 0.315 e. The summed E-state index contributed by atoms with van der Waals surface area (Å²) in [6.45, 7) is 6.47. The van der Waals surface area contributed by atoms with Crippen LogP contribution in [0.1, 0.15) is 43.8 Å². The molecule has 1 rings (SSSR count). The van der Waals surface area contributed by atoms with Crippen LogP contribution in [-0.4, -0.2) is 28.8 Å². The number of aromatic nitrogens is 1. The third kappa shape index (κ3) is 4.62. The van der Waals surface area contributed by atoms with Gasteiger partial charge < -0.3 is 15.7 Å². The first-order valence-corrected chi connectivity index (χ1v) is 7.04. The minimum Gasteiger partial charge on any atom is -0.394 e. The van der Waals surface area contributed by atoms with Gasteiger partial charge in [0.05, 0.1) is 29.9 Å². The molecule has 0 saturated heterocycles. The largest absolute Gasteiger partial charge is 0.394 e. The molecule has 0 spiro atoms. The Kier molecular flexibility index (Phi) is 6.07. The van der Waals surface area contributed by atoms with Crippen molar-refractivity contribution in [3.05, 3.63) is 16.1 Å². The standard InChI is InChI=1S/C12H21N3O2S/c1-4-9(6-16)15-12(17)13-5-10-7-18-11(14-10)8(2)3/h7-9,16H,4-6H2,1-3H3,(H2,13,15,17). The van der Waals surface area contributed by atoms with Crippen LogP contribution in [0, 0.1) is 0 Å². The first-order chi connectivity index (χ1) is 8.56. The number of nitrogens with zero attached hydrogens (tertiary/aromatic N) is 1. The monoisotopic (exact) mass is 271 g/mol. The summed E-state index contributed by atoms with van der Waals surface area (Å²) in [7, 11) is 0. The highest BCUT2D eigenvalue weighted by molar-refractivity contribution is 7.09. The first kappa shape index (κ1) is 14.9. The van der Waals surface area contributed by atoms with E-state index in [4.69, 9.17) is 5.11 Å². The Morgan fingerprint density at radius 1 is 1.56 bits per heavy atom. The molecular formula is C12H21N3O2S. The van der Waals surface area contributed by atoms with E-state index in [0.717, 1.165) is 10.7 Å². The van der Waals surface area contributed by atoms with Crippen LogP contribution in [0.5, 0.6) is 0 Å². The van der Waals surface area contributed by atoms with E-state index in [1.807, 2.05) is 12.3 Å². The number of rotatable bonds is 6. The van der Waals surface area contributed by atoms with Gasteiger partial charge in [-0.05, 0) is 6.42 Å². The van der Waals surface area contributed by atoms with Gasteiger partial charge in [0.2, 0.25) is 0 Å². The highest BCUT2D eigenvalue weighted by atomic mass is 32.1. The fourth-order valence-corrected chi connectivity index (χ4v) is 2.19. The van der Waals surface area contributed by atoms with Crippen LogP contribution in [0.4, 0.5) is 4.79 Å². The molecule has 0 aliphatic rings. The number of hydrogen-bond acceptors (Lipinski definition) is 4. The lowest BCUT2D eigenvalue weighted by Crippen LogP contribution is -2.43. The molecule has 0 radical (unpaired) electrons. The Labute approximate surface area is 112 Å². The van der Waals surface area contributed by atoms with Gasteiger partial charge in [-0.2, -0.15) is 0 Å². The molecular weight excluding hydrogens is 250 g/mol. The minimum absolute atomic E-state index is 0.0435. The number of aliphatic hydroxyl groups is 1.